The van der Waals surface area contributed by atoms with E-state index < -0.39 is 0 Å². The van der Waals surface area contributed by atoms with Gasteiger partial charge in [0.2, 0.25) is 0 Å². The Bertz CT molecular complexity index is 1010. The van der Waals surface area contributed by atoms with Crippen LogP contribution in [0, 0.1) is 13.8 Å². The molecular formula is C20H20BrN3O3. The van der Waals surface area contributed by atoms with E-state index >= 15 is 0 Å². The number of halogens is 1. The maximum absolute atomic E-state index is 12.8. The molecule has 6 nitrogen and oxygen atoms in total. The molecule has 2 aromatic heterocycles. The summed E-state index contributed by atoms with van der Waals surface area (Å²) < 4.78 is 7.71. The second-order valence-electron chi connectivity index (χ2n) is 6.27. The molecule has 0 aliphatic heterocycles. The summed E-state index contributed by atoms with van der Waals surface area (Å²) in [6.45, 7) is 6.09. The Hall–Kier alpha value is -2.67. The van der Waals surface area contributed by atoms with Gasteiger partial charge in [-0.1, -0.05) is 6.92 Å². The molecule has 3 rings (SSSR count). The predicted molar refractivity (Wildman–Crippen MR) is 107 cm³/mol. The van der Waals surface area contributed by atoms with Crippen molar-refractivity contribution < 1.29 is 14.3 Å². The quantitative estimate of drug-likeness (QED) is 0.604. The summed E-state index contributed by atoms with van der Waals surface area (Å²) in [5.41, 5.74) is 3.85. The molecule has 0 saturated carbocycles. The number of nitrogens with one attached hydrogen (secondary N) is 1. The Labute approximate surface area is 165 Å². The van der Waals surface area contributed by atoms with E-state index in [4.69, 9.17) is 4.74 Å². The number of fused-ring (bicyclic) bond motifs is 1. The molecule has 0 unspecified atom stereocenters. The van der Waals surface area contributed by atoms with Gasteiger partial charge in [-0.2, -0.15) is 0 Å². The Morgan fingerprint density at radius 3 is 2.59 bits per heavy atom. The second-order valence-corrected chi connectivity index (χ2v) is 7.13. The summed E-state index contributed by atoms with van der Waals surface area (Å²) in [5.74, 6) is -0.633. The van der Waals surface area contributed by atoms with Crippen LogP contribution in [0.15, 0.2) is 41.0 Å². The minimum Gasteiger partial charge on any atom is -0.462 e. The van der Waals surface area contributed by atoms with Crippen molar-refractivity contribution in [1.82, 2.24) is 9.38 Å². The van der Waals surface area contributed by atoms with Crippen LogP contribution in [0.1, 0.15) is 45.4 Å². The van der Waals surface area contributed by atoms with Crippen LogP contribution in [0.5, 0.6) is 0 Å². The Kier molecular flexibility index (Phi) is 5.60. The monoisotopic (exact) mass is 429 g/mol. The van der Waals surface area contributed by atoms with Gasteiger partial charge in [0.1, 0.15) is 5.69 Å². The third-order valence-electron chi connectivity index (χ3n) is 4.02. The number of aryl methyl sites for hydroxylation is 2. The number of amides is 1. The van der Waals surface area contributed by atoms with Gasteiger partial charge in [0.05, 0.1) is 22.3 Å². The number of carbonyl (C=O) groups excluding carboxylic acids is 2. The Balaban J connectivity index is 1.83. The smallest absolute Gasteiger partial charge is 0.338 e. The third kappa shape index (κ3) is 4.03. The molecule has 0 radical (unpaired) electrons. The number of hydrogen-bond donors (Lipinski definition) is 1. The van der Waals surface area contributed by atoms with Crippen LogP contribution >= 0.6 is 15.9 Å². The first-order chi connectivity index (χ1) is 12.9. The summed E-state index contributed by atoms with van der Waals surface area (Å²) in [4.78, 5) is 29.1. The zero-order valence-corrected chi connectivity index (χ0v) is 17.0. The van der Waals surface area contributed by atoms with Gasteiger partial charge in [-0.15, -0.1) is 0 Å². The summed E-state index contributed by atoms with van der Waals surface area (Å²) in [7, 11) is 0. The fourth-order valence-electron chi connectivity index (χ4n) is 2.78. The zero-order valence-electron chi connectivity index (χ0n) is 15.4. The van der Waals surface area contributed by atoms with Gasteiger partial charge in [-0.3, -0.25) is 9.20 Å². The molecule has 0 atom stereocenters. The number of anilines is 1. The molecule has 0 aliphatic rings. The number of rotatable bonds is 5. The van der Waals surface area contributed by atoms with Crippen LogP contribution in [0.3, 0.4) is 0 Å². The molecule has 7 heteroatoms. The fourth-order valence-corrected chi connectivity index (χ4v) is 3.42. The van der Waals surface area contributed by atoms with Crippen molar-refractivity contribution in [2.75, 3.05) is 11.9 Å². The number of ether oxygens (including phenoxy) is 1. The van der Waals surface area contributed by atoms with Gasteiger partial charge in [0.15, 0.2) is 5.65 Å². The molecule has 1 amide bonds. The first-order valence-corrected chi connectivity index (χ1v) is 9.43. The first-order valence-electron chi connectivity index (χ1n) is 8.64. The van der Waals surface area contributed by atoms with Crippen LogP contribution in [0.4, 0.5) is 5.69 Å². The van der Waals surface area contributed by atoms with Gasteiger partial charge < -0.3 is 10.1 Å². The fraction of sp³-hybridized carbons (Fsp3) is 0.250. The highest BCUT2D eigenvalue weighted by Gasteiger charge is 2.18. The van der Waals surface area contributed by atoms with E-state index in [2.05, 4.69) is 26.2 Å². The Morgan fingerprint density at radius 1 is 1.22 bits per heavy atom. The van der Waals surface area contributed by atoms with E-state index in [9.17, 15) is 9.59 Å². The average molecular weight is 430 g/mol. The summed E-state index contributed by atoms with van der Waals surface area (Å²) in [6, 6.07) is 8.59. The molecular weight excluding hydrogens is 410 g/mol. The number of aromatic nitrogens is 2. The van der Waals surface area contributed by atoms with Gasteiger partial charge in [0, 0.05) is 11.9 Å². The van der Waals surface area contributed by atoms with Crippen molar-refractivity contribution in [3.63, 3.8) is 0 Å². The summed E-state index contributed by atoms with van der Waals surface area (Å²) >= 11 is 3.49. The molecule has 2 heterocycles. The largest absolute Gasteiger partial charge is 0.462 e. The van der Waals surface area contributed by atoms with Crippen molar-refractivity contribution >= 4 is 39.1 Å². The molecule has 0 fully saturated rings. The molecule has 27 heavy (non-hydrogen) atoms. The average Bonchev–Trinajstić information content (AvgIpc) is 2.96. The number of nitrogens with zero attached hydrogens (tertiary/aromatic N) is 2. The van der Waals surface area contributed by atoms with Crippen molar-refractivity contribution in [2.45, 2.75) is 27.2 Å². The van der Waals surface area contributed by atoms with Crippen molar-refractivity contribution in [2.24, 2.45) is 0 Å². The first kappa shape index (κ1) is 19.1. The molecule has 1 N–H and O–H groups in total. The zero-order chi connectivity index (χ0) is 19.6. The highest BCUT2D eigenvalue weighted by molar-refractivity contribution is 9.10. The topological polar surface area (TPSA) is 72.7 Å². The van der Waals surface area contributed by atoms with Gasteiger partial charge in [0.25, 0.3) is 5.91 Å². The highest BCUT2D eigenvalue weighted by Crippen LogP contribution is 2.23. The molecule has 3 aromatic rings. The lowest BCUT2D eigenvalue weighted by Crippen LogP contribution is -2.16. The van der Waals surface area contributed by atoms with Crippen molar-refractivity contribution in [3.8, 4) is 0 Å². The number of benzene rings is 1. The Morgan fingerprint density at radius 2 is 1.93 bits per heavy atom. The normalized spacial score (nSPS) is 10.8. The van der Waals surface area contributed by atoms with Gasteiger partial charge in [-0.25, -0.2) is 9.78 Å². The molecule has 0 aliphatic carbocycles. The molecule has 0 bridgehead atoms. The molecule has 0 spiro atoms. The predicted octanol–water partition coefficient (Wildman–Crippen LogP) is 4.53. The maximum atomic E-state index is 12.8. The number of carbonyl (C=O) groups is 2. The third-order valence-corrected chi connectivity index (χ3v) is 4.60. The van der Waals surface area contributed by atoms with Crippen LogP contribution in [0.2, 0.25) is 0 Å². The lowest BCUT2D eigenvalue weighted by atomic mass is 10.2. The van der Waals surface area contributed by atoms with E-state index in [0.717, 1.165) is 16.5 Å². The number of imidazole rings is 1. The van der Waals surface area contributed by atoms with E-state index in [-0.39, 0.29) is 11.9 Å². The second kappa shape index (κ2) is 7.92. The lowest BCUT2D eigenvalue weighted by Gasteiger charge is -2.08. The lowest BCUT2D eigenvalue weighted by molar-refractivity contribution is 0.0505. The SMILES string of the molecule is CCCOC(=O)c1ccc(NC(=O)c2c(C)nc3c(Br)cc(C)cn23)cc1. The van der Waals surface area contributed by atoms with Crippen LogP contribution < -0.4 is 5.32 Å². The molecule has 140 valence electrons. The minimum atomic E-state index is -0.368. The van der Waals surface area contributed by atoms with Gasteiger partial charge in [-0.05, 0) is 72.1 Å². The highest BCUT2D eigenvalue weighted by atomic mass is 79.9. The van der Waals surface area contributed by atoms with Gasteiger partial charge >= 0.3 is 5.97 Å². The molecule has 1 aromatic carbocycles. The van der Waals surface area contributed by atoms with Crippen molar-refractivity contribution in [1.29, 1.82) is 0 Å². The standard InChI is InChI=1S/C20H20BrN3O3/c1-4-9-27-20(26)14-5-7-15(8-6-14)23-19(25)17-13(3)22-18-16(21)10-12(2)11-24(17)18/h5-8,10-11H,4,9H2,1-3H3,(H,23,25). The summed E-state index contributed by atoms with van der Waals surface area (Å²) in [6.07, 6.45) is 2.65. The van der Waals surface area contributed by atoms with Crippen LogP contribution in [0.25, 0.3) is 5.65 Å². The minimum absolute atomic E-state index is 0.265. The van der Waals surface area contributed by atoms with E-state index in [1.165, 1.54) is 0 Å². The van der Waals surface area contributed by atoms with Crippen LogP contribution in [-0.2, 0) is 4.74 Å². The molecule has 0 saturated heterocycles. The number of esters is 1. The number of pyridine rings is 1. The summed E-state index contributed by atoms with van der Waals surface area (Å²) in [5, 5.41) is 2.86. The van der Waals surface area contributed by atoms with Crippen LogP contribution in [-0.4, -0.2) is 27.9 Å². The maximum Gasteiger partial charge on any atom is 0.338 e. The van der Waals surface area contributed by atoms with E-state index in [1.54, 1.807) is 35.6 Å². The van der Waals surface area contributed by atoms with E-state index in [1.807, 2.05) is 26.1 Å². The van der Waals surface area contributed by atoms with E-state index in [0.29, 0.717) is 34.9 Å². The number of hydrogen-bond acceptors (Lipinski definition) is 4. The van der Waals surface area contributed by atoms with Crippen molar-refractivity contribution in [3.05, 3.63) is 63.5 Å².